The fourth-order valence-corrected chi connectivity index (χ4v) is 5.12. The molecule has 0 bridgehead atoms. The number of urea groups is 1. The third-order valence-electron chi connectivity index (χ3n) is 7.59. The Kier molecular flexibility index (Phi) is 7.37. The second-order valence-corrected chi connectivity index (χ2v) is 11.7. The van der Waals surface area contributed by atoms with Gasteiger partial charge in [0.1, 0.15) is 23.6 Å². The van der Waals surface area contributed by atoms with Crippen LogP contribution < -0.4 is 21.3 Å². The lowest BCUT2D eigenvalue weighted by atomic mass is 9.93. The van der Waals surface area contributed by atoms with E-state index in [0.717, 1.165) is 30.0 Å². The predicted molar refractivity (Wildman–Crippen MR) is 169 cm³/mol. The van der Waals surface area contributed by atoms with E-state index in [1.54, 1.807) is 29.8 Å². The van der Waals surface area contributed by atoms with Crippen molar-refractivity contribution in [2.75, 3.05) is 47.4 Å². The first-order chi connectivity index (χ1) is 21.1. The summed E-state index contributed by atoms with van der Waals surface area (Å²) in [5, 5.41) is 15.0. The van der Waals surface area contributed by atoms with Gasteiger partial charge >= 0.3 is 6.03 Å². The lowest BCUT2D eigenvalue weighted by Gasteiger charge is -2.35. The summed E-state index contributed by atoms with van der Waals surface area (Å²) in [6.07, 6.45) is 1.42. The number of carbonyl (C=O) groups is 2. The van der Waals surface area contributed by atoms with E-state index in [1.807, 2.05) is 49.9 Å². The summed E-state index contributed by atoms with van der Waals surface area (Å²) in [4.78, 5) is 37.1. The first-order valence-electron chi connectivity index (χ1n) is 14.3. The molecule has 4 heterocycles. The fraction of sp³-hybridized carbons (Fsp3) is 0.290. The highest BCUT2D eigenvalue weighted by Gasteiger charge is 2.22. The monoisotopic (exact) mass is 594 g/mol. The SMILES string of the molecule is CC(=O)N1CCN(c2ccc(-c3nn(-c4ccc(NC(=O)Nc5cc(C(C)(C)C)on5)cc4)c4ncnc(N)c34)cc2)CC1. The molecule has 1 saturated heterocycles. The van der Waals surface area contributed by atoms with E-state index in [4.69, 9.17) is 15.4 Å². The van der Waals surface area contributed by atoms with Crippen LogP contribution in [0.1, 0.15) is 33.5 Å². The molecule has 44 heavy (non-hydrogen) atoms. The number of amides is 3. The molecule has 0 radical (unpaired) electrons. The predicted octanol–water partition coefficient (Wildman–Crippen LogP) is 4.66. The fourth-order valence-electron chi connectivity index (χ4n) is 5.12. The van der Waals surface area contributed by atoms with Crippen LogP contribution in [-0.4, -0.2) is 67.9 Å². The van der Waals surface area contributed by atoms with Crippen LogP contribution >= 0.6 is 0 Å². The Morgan fingerprint density at radius 2 is 1.59 bits per heavy atom. The number of rotatable bonds is 5. The Bertz CT molecular complexity index is 1810. The van der Waals surface area contributed by atoms with E-state index < -0.39 is 6.03 Å². The molecule has 6 rings (SSSR count). The number of hydrogen-bond donors (Lipinski definition) is 3. The van der Waals surface area contributed by atoms with Crippen molar-refractivity contribution in [2.24, 2.45) is 0 Å². The third kappa shape index (κ3) is 5.76. The zero-order valence-corrected chi connectivity index (χ0v) is 25.0. The van der Waals surface area contributed by atoms with Crippen LogP contribution in [0.15, 0.2) is 65.4 Å². The number of hydrogen-bond acceptors (Lipinski definition) is 9. The summed E-state index contributed by atoms with van der Waals surface area (Å²) in [5.74, 6) is 1.45. The van der Waals surface area contributed by atoms with Crippen molar-refractivity contribution in [2.45, 2.75) is 33.1 Å². The maximum atomic E-state index is 12.6. The van der Waals surface area contributed by atoms with Gasteiger partial charge in [0.25, 0.3) is 0 Å². The average molecular weight is 595 g/mol. The van der Waals surface area contributed by atoms with Gasteiger partial charge in [-0.25, -0.2) is 19.4 Å². The summed E-state index contributed by atoms with van der Waals surface area (Å²) < 4.78 is 7.04. The molecule has 13 nitrogen and oxygen atoms in total. The molecule has 2 aromatic carbocycles. The highest BCUT2D eigenvalue weighted by molar-refractivity contribution is 6.00. The Balaban J connectivity index is 1.20. The molecular weight excluding hydrogens is 560 g/mol. The molecule has 3 amide bonds. The van der Waals surface area contributed by atoms with Crippen LogP contribution in [0.4, 0.5) is 27.8 Å². The standard InChI is InChI=1S/C31H34N10O3/c1-19(42)39-13-15-40(16-14-39)22-9-5-20(6-10-22)27-26-28(32)33-18-34-29(26)41(37-27)23-11-7-21(8-12-23)35-30(43)36-25-17-24(44-38-25)31(2,3)4/h5-12,17-18H,13-16H2,1-4H3,(H2,32,33,34)(H2,35,36,38,43). The van der Waals surface area contributed by atoms with Gasteiger partial charge in [-0.05, 0) is 36.4 Å². The number of aromatic nitrogens is 5. The number of nitrogens with zero attached hydrogens (tertiary/aromatic N) is 7. The molecule has 1 fully saturated rings. The van der Waals surface area contributed by atoms with E-state index in [9.17, 15) is 9.59 Å². The van der Waals surface area contributed by atoms with Crippen LogP contribution in [0.3, 0.4) is 0 Å². The average Bonchev–Trinajstić information content (AvgIpc) is 3.64. The second-order valence-electron chi connectivity index (χ2n) is 11.7. The van der Waals surface area contributed by atoms with Gasteiger partial charge in [0.15, 0.2) is 11.5 Å². The van der Waals surface area contributed by atoms with Gasteiger partial charge in [0.2, 0.25) is 5.91 Å². The van der Waals surface area contributed by atoms with Crippen molar-refractivity contribution >= 4 is 46.0 Å². The molecule has 5 aromatic rings. The van der Waals surface area contributed by atoms with Crippen LogP contribution in [0.2, 0.25) is 0 Å². The maximum Gasteiger partial charge on any atom is 0.324 e. The van der Waals surface area contributed by atoms with Crippen molar-refractivity contribution in [1.82, 2.24) is 29.8 Å². The number of carbonyl (C=O) groups excluding carboxylic acids is 2. The normalized spacial score (nSPS) is 13.7. The van der Waals surface area contributed by atoms with E-state index in [-0.39, 0.29) is 11.3 Å². The van der Waals surface area contributed by atoms with Crippen molar-refractivity contribution in [3.63, 3.8) is 0 Å². The minimum absolute atomic E-state index is 0.108. The Labute approximate surface area is 254 Å². The maximum absolute atomic E-state index is 12.6. The first-order valence-corrected chi connectivity index (χ1v) is 14.3. The van der Waals surface area contributed by atoms with Crippen LogP contribution in [0.5, 0.6) is 0 Å². The second kappa shape index (κ2) is 11.3. The number of nitrogen functional groups attached to an aromatic ring is 1. The molecular formula is C31H34N10O3. The molecule has 226 valence electrons. The summed E-state index contributed by atoms with van der Waals surface area (Å²) >= 11 is 0. The van der Waals surface area contributed by atoms with Gasteiger partial charge in [-0.1, -0.05) is 38.1 Å². The minimum atomic E-state index is -0.442. The molecule has 0 aliphatic carbocycles. The molecule has 1 aliphatic rings. The first kappa shape index (κ1) is 28.6. The lowest BCUT2D eigenvalue weighted by Crippen LogP contribution is -2.48. The highest BCUT2D eigenvalue weighted by Crippen LogP contribution is 2.33. The molecule has 0 spiro atoms. The van der Waals surface area contributed by atoms with Crippen LogP contribution in [0, 0.1) is 0 Å². The Hall–Kier alpha value is -5.46. The molecule has 0 atom stereocenters. The number of anilines is 4. The molecule has 0 unspecified atom stereocenters. The highest BCUT2D eigenvalue weighted by atomic mass is 16.5. The lowest BCUT2D eigenvalue weighted by molar-refractivity contribution is -0.129. The van der Waals surface area contributed by atoms with E-state index in [2.05, 4.69) is 42.8 Å². The van der Waals surface area contributed by atoms with Gasteiger partial charge < -0.3 is 25.4 Å². The van der Waals surface area contributed by atoms with Crippen LogP contribution in [-0.2, 0) is 10.2 Å². The number of fused-ring (bicyclic) bond motifs is 1. The van der Waals surface area contributed by atoms with Gasteiger partial charge in [-0.2, -0.15) is 5.10 Å². The Morgan fingerprint density at radius 1 is 0.909 bits per heavy atom. The van der Waals surface area contributed by atoms with E-state index in [0.29, 0.717) is 52.9 Å². The van der Waals surface area contributed by atoms with E-state index >= 15 is 0 Å². The van der Waals surface area contributed by atoms with Gasteiger partial charge in [-0.15, -0.1) is 0 Å². The van der Waals surface area contributed by atoms with Gasteiger partial charge in [0.05, 0.1) is 11.1 Å². The largest absolute Gasteiger partial charge is 0.383 e. The summed E-state index contributed by atoms with van der Waals surface area (Å²) in [6.45, 7) is 10.6. The number of benzene rings is 2. The molecule has 3 aromatic heterocycles. The number of nitrogens with one attached hydrogen (secondary N) is 2. The van der Waals surface area contributed by atoms with Gasteiger partial charge in [-0.3, -0.25) is 10.1 Å². The third-order valence-corrected chi connectivity index (χ3v) is 7.59. The molecule has 13 heteroatoms. The molecule has 1 aliphatic heterocycles. The van der Waals surface area contributed by atoms with Crippen molar-refractivity contribution in [3.05, 3.63) is 66.7 Å². The van der Waals surface area contributed by atoms with Gasteiger partial charge in [0, 0.05) is 61.5 Å². The molecule has 0 saturated carbocycles. The van der Waals surface area contributed by atoms with Crippen molar-refractivity contribution in [1.29, 1.82) is 0 Å². The number of piperazine rings is 1. The zero-order valence-electron chi connectivity index (χ0n) is 25.0. The quantitative estimate of drug-likeness (QED) is 0.263. The number of nitrogens with two attached hydrogens (primary N) is 1. The molecule has 4 N–H and O–H groups in total. The smallest absolute Gasteiger partial charge is 0.324 e. The minimum Gasteiger partial charge on any atom is -0.383 e. The zero-order chi connectivity index (χ0) is 31.0. The van der Waals surface area contributed by atoms with Crippen LogP contribution in [0.25, 0.3) is 28.0 Å². The topological polar surface area (TPSA) is 160 Å². The summed E-state index contributed by atoms with van der Waals surface area (Å²) in [7, 11) is 0. The summed E-state index contributed by atoms with van der Waals surface area (Å²) in [5.41, 5.74) is 10.6. The van der Waals surface area contributed by atoms with E-state index in [1.165, 1.54) is 6.33 Å². The Morgan fingerprint density at radius 3 is 2.23 bits per heavy atom. The summed E-state index contributed by atoms with van der Waals surface area (Å²) in [6, 6.07) is 16.6. The van der Waals surface area contributed by atoms with Crippen molar-refractivity contribution in [3.8, 4) is 16.9 Å². The van der Waals surface area contributed by atoms with Crippen molar-refractivity contribution < 1.29 is 14.1 Å².